The Morgan fingerprint density at radius 3 is 2.06 bits per heavy atom. The molecule has 0 heterocycles. The average molecular weight is 644 g/mol. The molecule has 0 aliphatic heterocycles. The van der Waals surface area contributed by atoms with Gasteiger partial charge < -0.3 is 25.4 Å². The number of phenolic OH excluding ortho intramolecular Hbond substituents is 1. The molecular formula is C39H53N3O5. The first-order chi connectivity index (χ1) is 22.2. The number of aromatic hydroxyl groups is 1. The molecule has 2 unspecified atom stereocenters. The van der Waals surface area contributed by atoms with Gasteiger partial charge in [0.2, 0.25) is 5.91 Å². The van der Waals surface area contributed by atoms with Crippen LogP contribution in [0.3, 0.4) is 0 Å². The molecule has 0 fully saturated rings. The number of anilines is 1. The number of nitrogens with zero attached hydrogens (tertiary/aromatic N) is 1. The van der Waals surface area contributed by atoms with Crippen molar-refractivity contribution in [3.63, 3.8) is 0 Å². The SMILES string of the molecule is CCCCCCCN(C(=O)C(Cc1ccc(O)cc1)NC(=O)OC(C)(C)C)C(C(=O)Nc1c(C)cccc1C)c1ccc(C)c(C)c1. The van der Waals surface area contributed by atoms with E-state index in [2.05, 4.69) is 17.6 Å². The van der Waals surface area contributed by atoms with E-state index >= 15 is 0 Å². The monoisotopic (exact) mass is 643 g/mol. The largest absolute Gasteiger partial charge is 0.508 e. The van der Waals surface area contributed by atoms with Crippen molar-refractivity contribution in [3.8, 4) is 5.75 Å². The summed E-state index contributed by atoms with van der Waals surface area (Å²) in [5.41, 5.74) is 5.31. The van der Waals surface area contributed by atoms with E-state index in [9.17, 15) is 19.5 Å². The molecule has 3 aromatic rings. The number of para-hydroxylation sites is 1. The first-order valence-electron chi connectivity index (χ1n) is 16.7. The third kappa shape index (κ3) is 11.2. The van der Waals surface area contributed by atoms with Crippen LogP contribution in [0.4, 0.5) is 10.5 Å². The molecular weight excluding hydrogens is 590 g/mol. The van der Waals surface area contributed by atoms with Gasteiger partial charge in [-0.05, 0) is 100 Å². The van der Waals surface area contributed by atoms with Crippen LogP contribution in [-0.2, 0) is 20.7 Å². The Labute approximate surface area is 280 Å². The summed E-state index contributed by atoms with van der Waals surface area (Å²) in [5.74, 6) is -0.615. The summed E-state index contributed by atoms with van der Waals surface area (Å²) in [4.78, 5) is 44.0. The molecule has 47 heavy (non-hydrogen) atoms. The van der Waals surface area contributed by atoms with Crippen molar-refractivity contribution in [1.82, 2.24) is 10.2 Å². The second kappa shape index (κ2) is 17.0. The van der Waals surface area contributed by atoms with Gasteiger partial charge in [-0.25, -0.2) is 4.79 Å². The second-order valence-electron chi connectivity index (χ2n) is 13.5. The molecule has 0 saturated heterocycles. The van der Waals surface area contributed by atoms with E-state index in [-0.39, 0.29) is 24.0 Å². The highest BCUT2D eigenvalue weighted by Crippen LogP contribution is 2.29. The summed E-state index contributed by atoms with van der Waals surface area (Å²) in [6.07, 6.45) is 4.21. The van der Waals surface area contributed by atoms with Crippen molar-refractivity contribution in [3.05, 3.63) is 94.0 Å². The van der Waals surface area contributed by atoms with Crippen LogP contribution in [0.5, 0.6) is 5.75 Å². The third-order valence-electron chi connectivity index (χ3n) is 8.29. The zero-order valence-corrected chi connectivity index (χ0v) is 29.4. The zero-order chi connectivity index (χ0) is 34.7. The molecule has 0 saturated carbocycles. The van der Waals surface area contributed by atoms with Crippen molar-refractivity contribution < 1.29 is 24.2 Å². The maximum Gasteiger partial charge on any atom is 0.408 e. The van der Waals surface area contributed by atoms with E-state index in [4.69, 9.17) is 4.74 Å². The van der Waals surface area contributed by atoms with Crippen LogP contribution in [0.2, 0.25) is 0 Å². The van der Waals surface area contributed by atoms with Crippen LogP contribution in [0, 0.1) is 27.7 Å². The van der Waals surface area contributed by atoms with Crippen LogP contribution in [0.1, 0.15) is 99.2 Å². The van der Waals surface area contributed by atoms with Crippen molar-refractivity contribution in [2.24, 2.45) is 0 Å². The molecule has 3 amide bonds. The number of ether oxygens (including phenoxy) is 1. The Hall–Kier alpha value is -4.33. The predicted molar refractivity (Wildman–Crippen MR) is 189 cm³/mol. The minimum atomic E-state index is -1.04. The number of amides is 3. The number of benzene rings is 3. The summed E-state index contributed by atoms with van der Waals surface area (Å²) in [5, 5.41) is 15.8. The molecule has 2 atom stereocenters. The zero-order valence-electron chi connectivity index (χ0n) is 29.4. The van der Waals surface area contributed by atoms with Crippen LogP contribution in [0.25, 0.3) is 0 Å². The van der Waals surface area contributed by atoms with Gasteiger partial charge in [0, 0.05) is 18.7 Å². The first kappa shape index (κ1) is 37.1. The van der Waals surface area contributed by atoms with Gasteiger partial charge >= 0.3 is 6.09 Å². The molecule has 3 rings (SSSR count). The van der Waals surface area contributed by atoms with Crippen molar-refractivity contribution in [1.29, 1.82) is 0 Å². The Kier molecular flexibility index (Phi) is 13.4. The van der Waals surface area contributed by atoms with Crippen LogP contribution in [0.15, 0.2) is 60.7 Å². The third-order valence-corrected chi connectivity index (χ3v) is 8.29. The molecule has 254 valence electrons. The van der Waals surface area contributed by atoms with E-state index in [1.165, 1.54) is 0 Å². The van der Waals surface area contributed by atoms with E-state index in [1.54, 1.807) is 49.9 Å². The fourth-order valence-electron chi connectivity index (χ4n) is 5.58. The average Bonchev–Trinajstić information content (AvgIpc) is 2.99. The number of phenols is 1. The lowest BCUT2D eigenvalue weighted by molar-refractivity contribution is -0.140. The normalized spacial score (nSPS) is 12.6. The highest BCUT2D eigenvalue weighted by atomic mass is 16.6. The van der Waals surface area contributed by atoms with Gasteiger partial charge in [-0.15, -0.1) is 0 Å². The fourth-order valence-corrected chi connectivity index (χ4v) is 5.58. The molecule has 0 aliphatic carbocycles. The van der Waals surface area contributed by atoms with Gasteiger partial charge in [-0.2, -0.15) is 0 Å². The summed E-state index contributed by atoms with van der Waals surface area (Å²) in [6, 6.07) is 16.2. The minimum absolute atomic E-state index is 0.100. The lowest BCUT2D eigenvalue weighted by Crippen LogP contribution is -2.53. The van der Waals surface area contributed by atoms with Gasteiger partial charge in [0.1, 0.15) is 23.4 Å². The number of aryl methyl sites for hydroxylation is 4. The minimum Gasteiger partial charge on any atom is -0.508 e. The number of carbonyl (C=O) groups is 3. The van der Waals surface area contributed by atoms with E-state index in [0.717, 1.165) is 53.5 Å². The van der Waals surface area contributed by atoms with Gasteiger partial charge in [0.05, 0.1) is 0 Å². The standard InChI is InChI=1S/C39H53N3O5/c1-9-10-11-12-13-23-42(37(45)33(40-38(46)47-39(6,7)8)25-30-18-21-32(43)22-19-30)35(31-20-17-26(2)29(5)24-31)36(44)41-34-27(3)15-14-16-28(34)4/h14-22,24,33,35,43H,9-13,23,25H2,1-8H3,(H,40,46)(H,41,44). The van der Waals surface area contributed by atoms with Crippen molar-refractivity contribution in [2.45, 2.75) is 112 Å². The number of nitrogens with one attached hydrogen (secondary N) is 2. The smallest absolute Gasteiger partial charge is 0.408 e. The quantitative estimate of drug-likeness (QED) is 0.153. The molecule has 8 nitrogen and oxygen atoms in total. The number of hydrogen-bond donors (Lipinski definition) is 3. The van der Waals surface area contributed by atoms with Gasteiger partial charge in [-0.1, -0.05) is 81.1 Å². The molecule has 0 aliphatic rings. The van der Waals surface area contributed by atoms with Crippen LogP contribution < -0.4 is 10.6 Å². The van der Waals surface area contributed by atoms with Gasteiger partial charge in [-0.3, -0.25) is 9.59 Å². The molecule has 0 spiro atoms. The fraction of sp³-hybridized carbons (Fsp3) is 0.462. The van der Waals surface area contributed by atoms with E-state index < -0.39 is 23.8 Å². The Balaban J connectivity index is 2.12. The van der Waals surface area contributed by atoms with E-state index in [0.29, 0.717) is 24.2 Å². The van der Waals surface area contributed by atoms with E-state index in [1.807, 2.05) is 64.1 Å². The number of alkyl carbamates (subject to hydrolysis) is 1. The van der Waals surface area contributed by atoms with Crippen molar-refractivity contribution >= 4 is 23.6 Å². The number of unbranched alkanes of at least 4 members (excludes halogenated alkanes) is 4. The molecule has 0 bridgehead atoms. The summed E-state index contributed by atoms with van der Waals surface area (Å²) >= 11 is 0. The summed E-state index contributed by atoms with van der Waals surface area (Å²) in [6.45, 7) is 15.7. The van der Waals surface area contributed by atoms with Crippen LogP contribution >= 0.6 is 0 Å². The molecule has 0 aromatic heterocycles. The molecule has 3 N–H and O–H groups in total. The second-order valence-corrected chi connectivity index (χ2v) is 13.5. The lowest BCUT2D eigenvalue weighted by Gasteiger charge is -2.35. The number of rotatable bonds is 14. The lowest BCUT2D eigenvalue weighted by atomic mass is 9.96. The first-order valence-corrected chi connectivity index (χ1v) is 16.7. The van der Waals surface area contributed by atoms with Crippen LogP contribution in [-0.4, -0.2) is 46.1 Å². The highest BCUT2D eigenvalue weighted by Gasteiger charge is 2.36. The molecule has 0 radical (unpaired) electrons. The Bertz CT molecular complexity index is 1490. The Morgan fingerprint density at radius 2 is 1.47 bits per heavy atom. The van der Waals surface area contributed by atoms with Gasteiger partial charge in [0.15, 0.2) is 0 Å². The molecule has 8 heteroatoms. The predicted octanol–water partition coefficient (Wildman–Crippen LogP) is 8.24. The number of hydrogen-bond acceptors (Lipinski definition) is 5. The van der Waals surface area contributed by atoms with Gasteiger partial charge in [0.25, 0.3) is 5.91 Å². The maximum absolute atomic E-state index is 14.8. The highest BCUT2D eigenvalue weighted by molar-refractivity contribution is 6.00. The Morgan fingerprint density at radius 1 is 0.830 bits per heavy atom. The number of carbonyl (C=O) groups excluding carboxylic acids is 3. The molecule has 3 aromatic carbocycles. The summed E-state index contributed by atoms with van der Waals surface area (Å²) in [7, 11) is 0. The van der Waals surface area contributed by atoms with Crippen molar-refractivity contribution in [2.75, 3.05) is 11.9 Å². The topological polar surface area (TPSA) is 108 Å². The maximum atomic E-state index is 14.8. The summed E-state index contributed by atoms with van der Waals surface area (Å²) < 4.78 is 5.57.